The molecule has 18 heavy (non-hydrogen) atoms. The average molecular weight is 265 g/mol. The van der Waals surface area contributed by atoms with E-state index in [2.05, 4.69) is 15.3 Å². The Labute approximate surface area is 112 Å². The largest absolute Gasteiger partial charge is 0.353 e. The summed E-state index contributed by atoms with van der Waals surface area (Å²) < 4.78 is 0. The van der Waals surface area contributed by atoms with Crippen molar-refractivity contribution in [3.8, 4) is 0 Å². The zero-order valence-electron chi connectivity index (χ0n) is 10.5. The molecular weight excluding hydrogens is 246 g/mol. The molecule has 0 aromatic carbocycles. The third-order valence-electron chi connectivity index (χ3n) is 3.09. The molecule has 0 spiro atoms. The second-order valence-corrected chi connectivity index (χ2v) is 5.52. The Morgan fingerprint density at radius 2 is 1.89 bits per heavy atom. The molecular formula is C13H19N3OS. The molecule has 0 aliphatic heterocycles. The van der Waals surface area contributed by atoms with E-state index in [1.165, 1.54) is 37.4 Å². The van der Waals surface area contributed by atoms with Gasteiger partial charge in [-0.3, -0.25) is 4.79 Å². The second-order valence-electron chi connectivity index (χ2n) is 4.58. The zero-order chi connectivity index (χ0) is 12.6. The zero-order valence-corrected chi connectivity index (χ0v) is 11.3. The number of amides is 1. The standard InChI is InChI=1S/C13H19N3OS/c17-12(10-18-13-14-8-5-9-15-13)16-11-6-3-1-2-4-7-11/h5,8-9,11H,1-4,6-7,10H2,(H,16,17). The molecule has 1 aromatic rings. The van der Waals surface area contributed by atoms with E-state index in [0.717, 1.165) is 12.8 Å². The van der Waals surface area contributed by atoms with Crippen molar-refractivity contribution < 1.29 is 4.79 Å². The molecule has 1 amide bonds. The predicted molar refractivity (Wildman–Crippen MR) is 72.4 cm³/mol. The molecule has 4 nitrogen and oxygen atoms in total. The molecule has 1 aliphatic rings. The first kappa shape index (κ1) is 13.3. The minimum absolute atomic E-state index is 0.0966. The normalized spacial score (nSPS) is 17.1. The number of nitrogens with zero attached hydrogens (tertiary/aromatic N) is 2. The summed E-state index contributed by atoms with van der Waals surface area (Å²) in [5.41, 5.74) is 0. The molecule has 1 aliphatic carbocycles. The smallest absolute Gasteiger partial charge is 0.230 e. The molecule has 1 N–H and O–H groups in total. The molecule has 2 rings (SSSR count). The Hall–Kier alpha value is -1.10. The molecule has 0 radical (unpaired) electrons. The summed E-state index contributed by atoms with van der Waals surface area (Å²) in [4.78, 5) is 20.0. The van der Waals surface area contributed by atoms with Gasteiger partial charge >= 0.3 is 0 Å². The van der Waals surface area contributed by atoms with Crippen LogP contribution in [0.15, 0.2) is 23.6 Å². The van der Waals surface area contributed by atoms with E-state index < -0.39 is 0 Å². The highest BCUT2D eigenvalue weighted by Crippen LogP contribution is 2.17. The van der Waals surface area contributed by atoms with Crippen LogP contribution in [0.5, 0.6) is 0 Å². The summed E-state index contributed by atoms with van der Waals surface area (Å²) in [5, 5.41) is 3.77. The van der Waals surface area contributed by atoms with Gasteiger partial charge in [0.25, 0.3) is 0 Å². The van der Waals surface area contributed by atoms with Crippen molar-refractivity contribution in [2.24, 2.45) is 0 Å². The second kappa shape index (κ2) is 7.36. The van der Waals surface area contributed by atoms with Crippen molar-refractivity contribution in [3.05, 3.63) is 18.5 Å². The van der Waals surface area contributed by atoms with Crippen LogP contribution in [-0.2, 0) is 4.79 Å². The van der Waals surface area contributed by atoms with Crippen LogP contribution in [0.2, 0.25) is 0 Å². The summed E-state index contributed by atoms with van der Waals surface area (Å²) in [5.74, 6) is 0.500. The molecule has 1 heterocycles. The van der Waals surface area contributed by atoms with Crippen molar-refractivity contribution in [1.82, 2.24) is 15.3 Å². The van der Waals surface area contributed by atoms with Gasteiger partial charge in [-0.2, -0.15) is 0 Å². The molecule has 0 saturated heterocycles. The van der Waals surface area contributed by atoms with E-state index in [1.807, 2.05) is 0 Å². The maximum Gasteiger partial charge on any atom is 0.230 e. The number of rotatable bonds is 4. The lowest BCUT2D eigenvalue weighted by atomic mass is 10.1. The van der Waals surface area contributed by atoms with Gasteiger partial charge in [0.05, 0.1) is 5.75 Å². The lowest BCUT2D eigenvalue weighted by Crippen LogP contribution is -2.35. The monoisotopic (exact) mass is 265 g/mol. The van der Waals surface area contributed by atoms with E-state index in [-0.39, 0.29) is 5.91 Å². The highest BCUT2D eigenvalue weighted by atomic mass is 32.2. The van der Waals surface area contributed by atoms with Crippen molar-refractivity contribution in [3.63, 3.8) is 0 Å². The van der Waals surface area contributed by atoms with Gasteiger partial charge < -0.3 is 5.32 Å². The Morgan fingerprint density at radius 1 is 1.22 bits per heavy atom. The van der Waals surface area contributed by atoms with E-state index in [9.17, 15) is 4.79 Å². The molecule has 0 unspecified atom stereocenters. The van der Waals surface area contributed by atoms with Crippen LogP contribution in [0.3, 0.4) is 0 Å². The third-order valence-corrected chi connectivity index (χ3v) is 3.97. The fourth-order valence-corrected chi connectivity index (χ4v) is 2.80. The Kier molecular flexibility index (Phi) is 5.45. The minimum atomic E-state index is 0.0966. The lowest BCUT2D eigenvalue weighted by Gasteiger charge is -2.15. The number of thioether (sulfide) groups is 1. The SMILES string of the molecule is O=C(CSc1ncccn1)NC1CCCCCC1. The molecule has 1 saturated carbocycles. The maximum absolute atomic E-state index is 11.8. The minimum Gasteiger partial charge on any atom is -0.353 e. The van der Waals surface area contributed by atoms with Gasteiger partial charge in [0.15, 0.2) is 5.16 Å². The van der Waals surface area contributed by atoms with Crippen molar-refractivity contribution in [2.75, 3.05) is 5.75 Å². The van der Waals surface area contributed by atoms with E-state index in [4.69, 9.17) is 0 Å². The van der Waals surface area contributed by atoms with Crippen molar-refractivity contribution in [1.29, 1.82) is 0 Å². The number of hydrogen-bond donors (Lipinski definition) is 1. The Bertz CT molecular complexity index is 364. The topological polar surface area (TPSA) is 54.9 Å². The summed E-state index contributed by atoms with van der Waals surface area (Å²) in [6.45, 7) is 0. The van der Waals surface area contributed by atoms with Crippen LogP contribution >= 0.6 is 11.8 Å². The Balaban J connectivity index is 1.71. The molecule has 0 atom stereocenters. The van der Waals surface area contributed by atoms with E-state index in [0.29, 0.717) is 17.0 Å². The van der Waals surface area contributed by atoms with Gasteiger partial charge in [0.1, 0.15) is 0 Å². The van der Waals surface area contributed by atoms with Crippen LogP contribution in [0, 0.1) is 0 Å². The summed E-state index contributed by atoms with van der Waals surface area (Å²) in [7, 11) is 0. The average Bonchev–Trinajstić information content (AvgIpc) is 2.66. The van der Waals surface area contributed by atoms with Crippen LogP contribution in [-0.4, -0.2) is 27.7 Å². The van der Waals surface area contributed by atoms with Crippen molar-refractivity contribution in [2.45, 2.75) is 49.7 Å². The number of nitrogens with one attached hydrogen (secondary N) is 1. The number of hydrogen-bond acceptors (Lipinski definition) is 4. The molecule has 0 bridgehead atoms. The highest BCUT2D eigenvalue weighted by molar-refractivity contribution is 7.99. The Morgan fingerprint density at radius 3 is 2.56 bits per heavy atom. The van der Waals surface area contributed by atoms with E-state index in [1.54, 1.807) is 18.5 Å². The number of carbonyl (C=O) groups excluding carboxylic acids is 1. The fraction of sp³-hybridized carbons (Fsp3) is 0.615. The molecule has 5 heteroatoms. The predicted octanol–water partition coefficient (Wildman–Crippen LogP) is 2.41. The van der Waals surface area contributed by atoms with Crippen LogP contribution in [0.25, 0.3) is 0 Å². The van der Waals surface area contributed by atoms with Crippen LogP contribution in [0.4, 0.5) is 0 Å². The first-order valence-corrected chi connectivity index (χ1v) is 7.52. The van der Waals surface area contributed by atoms with Crippen LogP contribution < -0.4 is 5.32 Å². The first-order chi connectivity index (χ1) is 8.84. The molecule has 1 aromatic heterocycles. The van der Waals surface area contributed by atoms with Gasteiger partial charge in [0.2, 0.25) is 5.91 Å². The van der Waals surface area contributed by atoms with Gasteiger partial charge in [0, 0.05) is 18.4 Å². The van der Waals surface area contributed by atoms with Gasteiger partial charge in [-0.25, -0.2) is 9.97 Å². The number of aromatic nitrogens is 2. The van der Waals surface area contributed by atoms with Gasteiger partial charge in [-0.05, 0) is 18.9 Å². The van der Waals surface area contributed by atoms with Gasteiger partial charge in [-0.1, -0.05) is 37.4 Å². The number of carbonyl (C=O) groups is 1. The summed E-state index contributed by atoms with van der Waals surface area (Å²) in [6.07, 6.45) is 10.7. The lowest BCUT2D eigenvalue weighted by molar-refractivity contribution is -0.119. The fourth-order valence-electron chi connectivity index (χ4n) is 2.18. The first-order valence-electron chi connectivity index (χ1n) is 6.54. The van der Waals surface area contributed by atoms with Crippen molar-refractivity contribution >= 4 is 17.7 Å². The van der Waals surface area contributed by atoms with E-state index >= 15 is 0 Å². The molecule has 1 fully saturated rings. The highest BCUT2D eigenvalue weighted by Gasteiger charge is 2.14. The third kappa shape index (κ3) is 4.64. The van der Waals surface area contributed by atoms with Gasteiger partial charge in [-0.15, -0.1) is 0 Å². The summed E-state index contributed by atoms with van der Waals surface area (Å²) >= 11 is 1.39. The van der Waals surface area contributed by atoms with Crippen LogP contribution in [0.1, 0.15) is 38.5 Å². The molecule has 98 valence electrons. The quantitative estimate of drug-likeness (QED) is 0.516. The summed E-state index contributed by atoms with van der Waals surface area (Å²) in [6, 6.07) is 2.15. The maximum atomic E-state index is 11.8.